The molecule has 1 aromatic heterocycles. The number of alkyl halides is 3. The van der Waals surface area contributed by atoms with Crippen molar-refractivity contribution in [3.05, 3.63) is 75.3 Å². The highest BCUT2D eigenvalue weighted by molar-refractivity contribution is 6.33. The summed E-state index contributed by atoms with van der Waals surface area (Å²) in [5.41, 5.74) is 0.129. The normalized spacial score (nSPS) is 12.6. The Kier molecular flexibility index (Phi) is 9.74. The fourth-order valence-electron chi connectivity index (χ4n) is 3.86. The number of carbonyl (C=O) groups excluding carboxylic acids is 1. The fraction of sp³-hybridized carbons (Fsp3) is 0.333. The van der Waals surface area contributed by atoms with Gasteiger partial charge in [0, 0.05) is 11.9 Å². The Bertz CT molecular complexity index is 1330. The van der Waals surface area contributed by atoms with Crippen LogP contribution in [-0.2, 0) is 12.7 Å². The lowest BCUT2D eigenvalue weighted by atomic mass is 10.1. The minimum Gasteiger partial charge on any atom is -0.490 e. The number of anilines is 3. The summed E-state index contributed by atoms with van der Waals surface area (Å²) in [4.78, 5) is 29.8. The average molecular weight is 565 g/mol. The van der Waals surface area contributed by atoms with Crippen LogP contribution in [0.3, 0.4) is 0 Å². The van der Waals surface area contributed by atoms with Gasteiger partial charge in [0.1, 0.15) is 18.9 Å². The number of fused-ring (bicyclic) bond motifs is 1. The third-order valence-corrected chi connectivity index (χ3v) is 5.66. The second kappa shape index (κ2) is 12.8. The minimum atomic E-state index is -4.68. The third kappa shape index (κ3) is 6.97. The summed E-state index contributed by atoms with van der Waals surface area (Å²) in [5.74, 6) is -0.348. The molecule has 2 heterocycles. The highest BCUT2D eigenvalue weighted by Crippen LogP contribution is 2.42. The van der Waals surface area contributed by atoms with Crippen LogP contribution in [0.4, 0.5) is 30.4 Å². The van der Waals surface area contributed by atoms with E-state index >= 15 is 0 Å². The molecule has 2 aromatic carbocycles. The molecule has 0 saturated heterocycles. The highest BCUT2D eigenvalue weighted by Gasteiger charge is 2.35. The number of amides is 1. The highest BCUT2D eigenvalue weighted by atomic mass is 35.5. The van der Waals surface area contributed by atoms with Gasteiger partial charge in [-0.3, -0.25) is 4.79 Å². The van der Waals surface area contributed by atoms with Crippen LogP contribution >= 0.6 is 11.6 Å². The van der Waals surface area contributed by atoms with Gasteiger partial charge in [-0.15, -0.1) is 0 Å². The molecule has 39 heavy (non-hydrogen) atoms. The van der Waals surface area contributed by atoms with E-state index in [-0.39, 0.29) is 40.9 Å². The summed E-state index contributed by atoms with van der Waals surface area (Å²) in [5, 5.41) is 5.63. The van der Waals surface area contributed by atoms with Gasteiger partial charge in [0.05, 0.1) is 34.5 Å². The van der Waals surface area contributed by atoms with E-state index in [0.29, 0.717) is 23.6 Å². The van der Waals surface area contributed by atoms with Gasteiger partial charge < -0.3 is 19.7 Å². The zero-order chi connectivity index (χ0) is 28.7. The SMILES string of the molecule is CC.CC(C)Oc1ccc(NC(=O)c2cccc3c2OCCN3c2ncc(CN=O)cc2Cl)cc1C(F)(F)F. The summed E-state index contributed by atoms with van der Waals surface area (Å²) < 4.78 is 51.9. The van der Waals surface area contributed by atoms with E-state index in [9.17, 15) is 22.9 Å². The molecule has 208 valence electrons. The number of nitroso groups, excluding NO2 is 1. The van der Waals surface area contributed by atoms with E-state index in [1.54, 1.807) is 36.9 Å². The van der Waals surface area contributed by atoms with Crippen molar-refractivity contribution >= 4 is 34.7 Å². The van der Waals surface area contributed by atoms with Gasteiger partial charge in [0.25, 0.3) is 5.91 Å². The van der Waals surface area contributed by atoms with Crippen molar-refractivity contribution < 1.29 is 27.4 Å². The number of pyridine rings is 1. The molecular formula is C27H28ClF3N4O4. The van der Waals surface area contributed by atoms with Crippen molar-refractivity contribution in [2.24, 2.45) is 5.18 Å². The van der Waals surface area contributed by atoms with Crippen molar-refractivity contribution in [1.82, 2.24) is 4.98 Å². The second-order valence-electron chi connectivity index (χ2n) is 8.42. The largest absolute Gasteiger partial charge is 0.490 e. The molecule has 4 rings (SSSR count). The van der Waals surface area contributed by atoms with Crippen molar-refractivity contribution in [3.8, 4) is 11.5 Å². The number of ether oxygens (including phenoxy) is 2. The van der Waals surface area contributed by atoms with Crippen LogP contribution in [0.1, 0.15) is 49.2 Å². The number of benzene rings is 2. The van der Waals surface area contributed by atoms with Crippen LogP contribution in [0.25, 0.3) is 0 Å². The standard InChI is InChI=1S/C25H22ClF3N4O4.C2H6/c1-14(2)37-21-7-6-16(11-18(21)25(27,28)29)32-24(34)17-4-3-5-20-22(17)36-9-8-33(20)23-19(26)10-15(12-30-23)13-31-35;1-2/h3-7,10-12,14H,8-9,13H2,1-2H3,(H,32,34);1-2H3. The number of rotatable bonds is 7. The summed E-state index contributed by atoms with van der Waals surface area (Å²) >= 11 is 6.40. The van der Waals surface area contributed by atoms with E-state index in [2.05, 4.69) is 15.5 Å². The molecular weight excluding hydrogens is 537 g/mol. The average Bonchev–Trinajstić information content (AvgIpc) is 2.89. The minimum absolute atomic E-state index is 0.0530. The predicted octanol–water partition coefficient (Wildman–Crippen LogP) is 7.62. The van der Waals surface area contributed by atoms with Gasteiger partial charge in [-0.2, -0.15) is 18.1 Å². The molecule has 8 nitrogen and oxygen atoms in total. The summed E-state index contributed by atoms with van der Waals surface area (Å²) in [6, 6.07) is 9.77. The molecule has 1 amide bonds. The number of nitrogens with zero attached hydrogens (tertiary/aromatic N) is 3. The second-order valence-corrected chi connectivity index (χ2v) is 8.83. The maximum atomic E-state index is 13.6. The molecule has 3 aromatic rings. The van der Waals surface area contributed by atoms with E-state index in [1.807, 2.05) is 13.8 Å². The number of para-hydroxylation sites is 1. The Balaban J connectivity index is 0.00000205. The topological polar surface area (TPSA) is 93.1 Å². The molecule has 0 fully saturated rings. The molecule has 12 heteroatoms. The van der Waals surface area contributed by atoms with Crippen LogP contribution in [0.5, 0.6) is 11.5 Å². The molecule has 0 saturated carbocycles. The van der Waals surface area contributed by atoms with Gasteiger partial charge in [0.2, 0.25) is 0 Å². The van der Waals surface area contributed by atoms with Crippen LogP contribution < -0.4 is 19.7 Å². The number of hydrogen-bond donors (Lipinski definition) is 1. The summed E-state index contributed by atoms with van der Waals surface area (Å²) in [6.45, 7) is 7.75. The zero-order valence-electron chi connectivity index (χ0n) is 21.8. The molecule has 1 aliphatic rings. The fourth-order valence-corrected chi connectivity index (χ4v) is 4.15. The number of nitrogens with one attached hydrogen (secondary N) is 1. The van der Waals surface area contributed by atoms with Gasteiger partial charge in [-0.1, -0.05) is 36.7 Å². The van der Waals surface area contributed by atoms with Crippen LogP contribution in [0, 0.1) is 4.91 Å². The first-order chi connectivity index (χ1) is 18.6. The van der Waals surface area contributed by atoms with E-state index < -0.39 is 23.8 Å². The molecule has 0 spiro atoms. The van der Waals surface area contributed by atoms with Gasteiger partial charge in [-0.05, 0) is 55.8 Å². The van der Waals surface area contributed by atoms with Gasteiger partial charge in [-0.25, -0.2) is 4.98 Å². The van der Waals surface area contributed by atoms with E-state index in [1.165, 1.54) is 24.4 Å². The van der Waals surface area contributed by atoms with Crippen molar-refractivity contribution in [2.75, 3.05) is 23.4 Å². The first-order valence-electron chi connectivity index (χ1n) is 12.2. The Morgan fingerprint density at radius 2 is 1.97 bits per heavy atom. The summed E-state index contributed by atoms with van der Waals surface area (Å²) in [6.07, 6.45) is -3.65. The first kappa shape index (κ1) is 29.7. The van der Waals surface area contributed by atoms with Crippen LogP contribution in [0.15, 0.2) is 53.8 Å². The molecule has 0 atom stereocenters. The maximum Gasteiger partial charge on any atom is 0.420 e. The van der Waals surface area contributed by atoms with Crippen LogP contribution in [-0.4, -0.2) is 30.1 Å². The molecule has 0 aliphatic carbocycles. The van der Waals surface area contributed by atoms with Crippen molar-refractivity contribution in [1.29, 1.82) is 0 Å². The monoisotopic (exact) mass is 564 g/mol. The molecule has 0 unspecified atom stereocenters. The van der Waals surface area contributed by atoms with Crippen LogP contribution in [0.2, 0.25) is 5.02 Å². The molecule has 1 aliphatic heterocycles. The van der Waals surface area contributed by atoms with Gasteiger partial charge in [0.15, 0.2) is 11.6 Å². The first-order valence-corrected chi connectivity index (χ1v) is 12.6. The Labute approximate surface area is 229 Å². The lowest BCUT2D eigenvalue weighted by Crippen LogP contribution is -2.31. The van der Waals surface area contributed by atoms with E-state index in [4.69, 9.17) is 21.1 Å². The smallest absolute Gasteiger partial charge is 0.420 e. The Morgan fingerprint density at radius 1 is 1.23 bits per heavy atom. The number of carbonyl (C=O) groups is 1. The Hall–Kier alpha value is -3.86. The maximum absolute atomic E-state index is 13.6. The zero-order valence-corrected chi connectivity index (χ0v) is 22.6. The quantitative estimate of drug-likeness (QED) is 0.297. The number of halogens is 4. The predicted molar refractivity (Wildman–Crippen MR) is 144 cm³/mol. The van der Waals surface area contributed by atoms with Crippen molar-refractivity contribution in [3.63, 3.8) is 0 Å². The number of hydrogen-bond acceptors (Lipinski definition) is 7. The lowest BCUT2D eigenvalue weighted by Gasteiger charge is -2.32. The van der Waals surface area contributed by atoms with Crippen molar-refractivity contribution in [2.45, 2.75) is 46.5 Å². The number of aromatic nitrogens is 1. The van der Waals surface area contributed by atoms with Gasteiger partial charge >= 0.3 is 6.18 Å². The molecule has 0 bridgehead atoms. The lowest BCUT2D eigenvalue weighted by molar-refractivity contribution is -0.139. The van der Waals surface area contributed by atoms with E-state index in [0.717, 1.165) is 6.07 Å². The molecule has 1 N–H and O–H groups in total. The summed E-state index contributed by atoms with van der Waals surface area (Å²) in [7, 11) is 0. The third-order valence-electron chi connectivity index (χ3n) is 5.38. The molecule has 0 radical (unpaired) electrons. The Morgan fingerprint density at radius 3 is 2.62 bits per heavy atom.